The molecule has 4 nitrogen and oxygen atoms in total. The molecule has 5 heteroatoms. The predicted molar refractivity (Wildman–Crippen MR) is 94.6 cm³/mol. The summed E-state index contributed by atoms with van der Waals surface area (Å²) < 4.78 is 13.1. The van der Waals surface area contributed by atoms with Gasteiger partial charge in [-0.1, -0.05) is 18.2 Å². The van der Waals surface area contributed by atoms with Crippen LogP contribution in [0, 0.1) is 5.82 Å². The molecule has 1 fully saturated rings. The second-order valence-electron chi connectivity index (χ2n) is 6.09. The largest absolute Gasteiger partial charge is 0.313 e. The standard InChI is InChI=1S/C19H23FN4/c1-21-23-19(15-5-7-17(20)8-6-15)14-24-12-9-16(10-13-24)18-4-2-3-11-22-18/h2-8,11,16,21H,9-10,12-14H2,1H3/b23-19-. The van der Waals surface area contributed by atoms with Gasteiger partial charge in [-0.2, -0.15) is 5.10 Å². The number of hydrogen-bond donors (Lipinski definition) is 1. The van der Waals surface area contributed by atoms with E-state index in [0.29, 0.717) is 5.92 Å². The van der Waals surface area contributed by atoms with Crippen molar-refractivity contribution in [3.63, 3.8) is 0 Å². The van der Waals surface area contributed by atoms with Crippen molar-refractivity contribution < 1.29 is 4.39 Å². The van der Waals surface area contributed by atoms with Crippen molar-refractivity contribution in [2.75, 3.05) is 26.7 Å². The van der Waals surface area contributed by atoms with Crippen LogP contribution in [0.3, 0.4) is 0 Å². The molecule has 126 valence electrons. The highest BCUT2D eigenvalue weighted by Crippen LogP contribution is 2.26. The molecule has 0 atom stereocenters. The molecule has 0 aliphatic carbocycles. The maximum Gasteiger partial charge on any atom is 0.123 e. The zero-order valence-corrected chi connectivity index (χ0v) is 14.0. The van der Waals surface area contributed by atoms with E-state index in [1.54, 1.807) is 19.2 Å². The first-order chi connectivity index (χ1) is 11.8. The van der Waals surface area contributed by atoms with E-state index in [1.807, 2.05) is 12.3 Å². The third-order valence-corrected chi connectivity index (χ3v) is 4.49. The summed E-state index contributed by atoms with van der Waals surface area (Å²) in [5.41, 5.74) is 5.95. The number of hydrazone groups is 1. The number of hydrogen-bond acceptors (Lipinski definition) is 4. The van der Waals surface area contributed by atoms with Crippen LogP contribution in [0.2, 0.25) is 0 Å². The monoisotopic (exact) mass is 326 g/mol. The van der Waals surface area contributed by atoms with Gasteiger partial charge in [0.25, 0.3) is 0 Å². The summed E-state index contributed by atoms with van der Waals surface area (Å²) in [5, 5.41) is 4.39. The van der Waals surface area contributed by atoms with E-state index in [-0.39, 0.29) is 5.82 Å². The quantitative estimate of drug-likeness (QED) is 0.678. The average Bonchev–Trinajstić information content (AvgIpc) is 2.63. The molecule has 1 aromatic heterocycles. The summed E-state index contributed by atoms with van der Waals surface area (Å²) in [6, 6.07) is 12.7. The van der Waals surface area contributed by atoms with E-state index in [9.17, 15) is 4.39 Å². The first-order valence-electron chi connectivity index (χ1n) is 8.39. The fraction of sp³-hybridized carbons (Fsp3) is 0.368. The molecule has 3 rings (SSSR count). The molecule has 2 aromatic rings. The zero-order chi connectivity index (χ0) is 16.8. The van der Waals surface area contributed by atoms with Crippen LogP contribution in [0.25, 0.3) is 0 Å². The van der Waals surface area contributed by atoms with Gasteiger partial charge in [0.05, 0.1) is 5.71 Å². The minimum atomic E-state index is -0.223. The van der Waals surface area contributed by atoms with E-state index in [4.69, 9.17) is 0 Å². The molecule has 0 unspecified atom stereocenters. The van der Waals surface area contributed by atoms with Crippen molar-refractivity contribution in [2.45, 2.75) is 18.8 Å². The lowest BCUT2D eigenvalue weighted by atomic mass is 9.93. The van der Waals surface area contributed by atoms with Gasteiger partial charge in [0.15, 0.2) is 0 Å². The normalized spacial score (nSPS) is 17.0. The minimum absolute atomic E-state index is 0.223. The molecule has 24 heavy (non-hydrogen) atoms. The third kappa shape index (κ3) is 4.17. The lowest BCUT2D eigenvalue weighted by Crippen LogP contribution is -2.37. The highest BCUT2D eigenvalue weighted by molar-refractivity contribution is 6.01. The van der Waals surface area contributed by atoms with Gasteiger partial charge < -0.3 is 5.43 Å². The number of likely N-dealkylation sites (tertiary alicyclic amines) is 1. The van der Waals surface area contributed by atoms with Crippen LogP contribution in [0.1, 0.15) is 30.0 Å². The number of benzene rings is 1. The van der Waals surface area contributed by atoms with E-state index < -0.39 is 0 Å². The van der Waals surface area contributed by atoms with Gasteiger partial charge in [-0.15, -0.1) is 0 Å². The van der Waals surface area contributed by atoms with Crippen molar-refractivity contribution in [3.8, 4) is 0 Å². The van der Waals surface area contributed by atoms with E-state index >= 15 is 0 Å². The van der Waals surface area contributed by atoms with E-state index in [1.165, 1.54) is 17.8 Å². The molecular formula is C19H23FN4. The Morgan fingerprint density at radius 2 is 1.96 bits per heavy atom. The number of aromatic nitrogens is 1. The summed E-state index contributed by atoms with van der Waals surface area (Å²) in [5.74, 6) is 0.316. The summed E-state index contributed by atoms with van der Waals surface area (Å²) in [7, 11) is 1.79. The summed E-state index contributed by atoms with van der Waals surface area (Å²) in [6.07, 6.45) is 4.08. The molecule has 1 aromatic carbocycles. The van der Waals surface area contributed by atoms with Gasteiger partial charge in [-0.25, -0.2) is 4.39 Å². The Labute approximate surface area is 142 Å². The fourth-order valence-electron chi connectivity index (χ4n) is 3.18. The van der Waals surface area contributed by atoms with E-state index in [0.717, 1.165) is 43.8 Å². The first kappa shape index (κ1) is 16.6. The molecule has 2 heterocycles. The summed E-state index contributed by atoms with van der Waals surface area (Å²) >= 11 is 0. The minimum Gasteiger partial charge on any atom is -0.313 e. The zero-order valence-electron chi connectivity index (χ0n) is 14.0. The van der Waals surface area contributed by atoms with Crippen molar-refractivity contribution in [1.29, 1.82) is 0 Å². The number of pyridine rings is 1. The molecule has 0 radical (unpaired) electrons. The first-order valence-corrected chi connectivity index (χ1v) is 8.39. The smallest absolute Gasteiger partial charge is 0.123 e. The van der Waals surface area contributed by atoms with Crippen LogP contribution in [-0.2, 0) is 0 Å². The molecule has 1 aliphatic heterocycles. The topological polar surface area (TPSA) is 40.5 Å². The van der Waals surface area contributed by atoms with Crippen molar-refractivity contribution in [2.24, 2.45) is 5.10 Å². The Balaban J connectivity index is 1.61. The third-order valence-electron chi connectivity index (χ3n) is 4.49. The van der Waals surface area contributed by atoms with Crippen LogP contribution < -0.4 is 5.43 Å². The number of piperidine rings is 1. The number of nitrogens with one attached hydrogen (secondary N) is 1. The van der Waals surface area contributed by atoms with Crippen molar-refractivity contribution in [3.05, 3.63) is 65.7 Å². The molecule has 0 amide bonds. The van der Waals surface area contributed by atoms with Gasteiger partial charge in [-0.3, -0.25) is 9.88 Å². The van der Waals surface area contributed by atoms with Crippen molar-refractivity contribution >= 4 is 5.71 Å². The maximum atomic E-state index is 13.1. The fourth-order valence-corrected chi connectivity index (χ4v) is 3.18. The lowest BCUT2D eigenvalue weighted by molar-refractivity contribution is 0.237. The summed E-state index contributed by atoms with van der Waals surface area (Å²) in [4.78, 5) is 6.89. The second-order valence-corrected chi connectivity index (χ2v) is 6.09. The number of nitrogens with zero attached hydrogens (tertiary/aromatic N) is 3. The van der Waals surface area contributed by atoms with Crippen molar-refractivity contribution in [1.82, 2.24) is 15.3 Å². The SMILES string of the molecule is CN/N=C(/CN1CCC(c2ccccn2)CC1)c1ccc(F)cc1. The van der Waals surface area contributed by atoms with Crippen LogP contribution >= 0.6 is 0 Å². The lowest BCUT2D eigenvalue weighted by Gasteiger charge is -2.31. The molecule has 1 saturated heterocycles. The highest BCUT2D eigenvalue weighted by Gasteiger charge is 2.22. The van der Waals surface area contributed by atoms with Gasteiger partial charge in [0, 0.05) is 31.4 Å². The van der Waals surface area contributed by atoms with Gasteiger partial charge in [0.1, 0.15) is 5.82 Å². The number of halogens is 1. The molecule has 0 saturated carbocycles. The molecule has 0 spiro atoms. The van der Waals surface area contributed by atoms with Gasteiger partial charge >= 0.3 is 0 Å². The summed E-state index contributed by atoms with van der Waals surface area (Å²) in [6.45, 7) is 2.80. The van der Waals surface area contributed by atoms with E-state index in [2.05, 4.69) is 32.5 Å². The second kappa shape index (κ2) is 8.02. The Morgan fingerprint density at radius 3 is 2.58 bits per heavy atom. The average molecular weight is 326 g/mol. The molecule has 1 N–H and O–H groups in total. The Morgan fingerprint density at radius 1 is 1.21 bits per heavy atom. The predicted octanol–water partition coefficient (Wildman–Crippen LogP) is 3.02. The highest BCUT2D eigenvalue weighted by atomic mass is 19.1. The van der Waals surface area contributed by atoms with Crippen LogP contribution in [0.15, 0.2) is 53.8 Å². The molecule has 1 aliphatic rings. The van der Waals surface area contributed by atoms with Gasteiger partial charge in [0.2, 0.25) is 0 Å². The van der Waals surface area contributed by atoms with Gasteiger partial charge in [-0.05, 0) is 55.8 Å². The number of rotatable bonds is 5. The van der Waals surface area contributed by atoms with Crippen LogP contribution in [0.4, 0.5) is 4.39 Å². The Hall–Kier alpha value is -2.27. The maximum absolute atomic E-state index is 13.1. The molecule has 0 bridgehead atoms. The molecular weight excluding hydrogens is 303 g/mol. The van der Waals surface area contributed by atoms with Crippen LogP contribution in [0.5, 0.6) is 0 Å². The van der Waals surface area contributed by atoms with Crippen LogP contribution in [-0.4, -0.2) is 42.3 Å². The Kier molecular flexibility index (Phi) is 5.54. The Bertz CT molecular complexity index is 662.